The second-order valence-electron chi connectivity index (χ2n) is 13.0. The summed E-state index contributed by atoms with van der Waals surface area (Å²) in [5, 5.41) is 14.1. The first-order chi connectivity index (χ1) is 19.4. The van der Waals surface area contributed by atoms with Gasteiger partial charge in [-0.3, -0.25) is 4.79 Å². The van der Waals surface area contributed by atoms with Crippen LogP contribution in [0.25, 0.3) is 10.8 Å². The quantitative estimate of drug-likeness (QED) is 0.373. The van der Waals surface area contributed by atoms with Crippen LogP contribution in [0.3, 0.4) is 0 Å². The van der Waals surface area contributed by atoms with Crippen molar-refractivity contribution in [1.29, 1.82) is 0 Å². The third-order valence-electron chi connectivity index (χ3n) is 9.73. The summed E-state index contributed by atoms with van der Waals surface area (Å²) in [6, 6.07) is 22.7. The molecule has 2 aliphatic carbocycles. The molecule has 1 aliphatic heterocycles. The first-order valence-electron chi connectivity index (χ1n) is 15.2. The molecule has 3 aliphatic rings. The first-order valence-corrected chi connectivity index (χ1v) is 15.2. The first kappa shape index (κ1) is 27.3. The van der Waals surface area contributed by atoms with Crippen LogP contribution in [-0.2, 0) is 5.41 Å². The Kier molecular flexibility index (Phi) is 7.62. The van der Waals surface area contributed by atoms with Gasteiger partial charge in [0.05, 0.1) is 13.2 Å². The molecular formula is C35H44N2O3. The molecule has 2 saturated carbocycles. The number of nitrogens with zero attached hydrogens (tertiary/aromatic N) is 2. The molecule has 1 heterocycles. The number of hydrogen-bond acceptors (Lipinski definition) is 4. The predicted molar refractivity (Wildman–Crippen MR) is 161 cm³/mol. The Labute approximate surface area is 239 Å². The third kappa shape index (κ3) is 5.38. The predicted octanol–water partition coefficient (Wildman–Crippen LogP) is 6.14. The third-order valence-corrected chi connectivity index (χ3v) is 9.73. The molecule has 4 atom stereocenters. The van der Waals surface area contributed by atoms with Gasteiger partial charge in [0, 0.05) is 42.6 Å². The second kappa shape index (κ2) is 11.2. The molecule has 1 amide bonds. The molecule has 6 rings (SSSR count). The van der Waals surface area contributed by atoms with Gasteiger partial charge in [0.15, 0.2) is 0 Å². The van der Waals surface area contributed by atoms with Crippen molar-refractivity contribution in [1.82, 2.24) is 9.80 Å². The molecule has 0 bridgehead atoms. The fourth-order valence-electron chi connectivity index (χ4n) is 7.53. The van der Waals surface area contributed by atoms with Gasteiger partial charge in [0.1, 0.15) is 5.75 Å². The zero-order valence-electron chi connectivity index (χ0n) is 24.3. The molecule has 3 aromatic carbocycles. The number of aliphatic hydroxyl groups excluding tert-OH is 1. The van der Waals surface area contributed by atoms with Gasteiger partial charge in [-0.05, 0) is 91.1 Å². The highest BCUT2D eigenvalue weighted by Gasteiger charge is 2.53. The molecular weight excluding hydrogens is 496 g/mol. The number of rotatable bonds is 8. The lowest BCUT2D eigenvalue weighted by atomic mass is 9.56. The fraction of sp³-hybridized carbons (Fsp3) is 0.514. The van der Waals surface area contributed by atoms with E-state index in [9.17, 15) is 9.90 Å². The topological polar surface area (TPSA) is 53.0 Å². The maximum Gasteiger partial charge on any atom is 0.254 e. The van der Waals surface area contributed by atoms with E-state index in [1.807, 2.05) is 30.3 Å². The van der Waals surface area contributed by atoms with Gasteiger partial charge >= 0.3 is 0 Å². The van der Waals surface area contributed by atoms with Crippen molar-refractivity contribution < 1.29 is 14.6 Å². The van der Waals surface area contributed by atoms with Crippen LogP contribution >= 0.6 is 0 Å². The summed E-state index contributed by atoms with van der Waals surface area (Å²) < 4.78 is 5.65. The standard InChI is InChI=1S/C35H44N2O3/c1-24(2)21-37(34(39)28-14-13-26-7-4-5-8-27(26)17-28)30-19-33(38)32-23-36(22-25-11-12-25)16-15-35(32,20-30)29-9-6-10-31(18-29)40-3/h4-10,13-14,17-18,24-25,30,32-33,38H,11-12,15-16,19-23H2,1-3H3/t30-,32+,33?,35+/m1/s1. The number of carbonyl (C=O) groups is 1. The molecule has 3 aromatic rings. The van der Waals surface area contributed by atoms with Crippen molar-refractivity contribution >= 4 is 16.7 Å². The zero-order valence-corrected chi connectivity index (χ0v) is 24.3. The SMILES string of the molecule is COc1cccc([C@@]23CCN(CC4CC4)C[C@H]2C(O)C[C@@H](N(CC(C)C)C(=O)c2ccc4ccccc4c2)C3)c1. The number of likely N-dealkylation sites (tertiary alicyclic amines) is 1. The van der Waals surface area contributed by atoms with Gasteiger partial charge in [-0.2, -0.15) is 0 Å². The Morgan fingerprint density at radius 1 is 1.07 bits per heavy atom. The molecule has 3 fully saturated rings. The summed E-state index contributed by atoms with van der Waals surface area (Å²) in [6.07, 6.45) is 4.70. The van der Waals surface area contributed by atoms with Crippen LogP contribution in [0.5, 0.6) is 5.75 Å². The molecule has 1 unspecified atom stereocenters. The summed E-state index contributed by atoms with van der Waals surface area (Å²) in [6.45, 7) is 8.14. The van der Waals surface area contributed by atoms with Crippen molar-refractivity contribution in [2.24, 2.45) is 17.8 Å². The van der Waals surface area contributed by atoms with Gasteiger partial charge in [0.25, 0.3) is 5.91 Å². The summed E-state index contributed by atoms with van der Waals surface area (Å²) in [5.74, 6) is 2.22. The monoisotopic (exact) mass is 540 g/mol. The average Bonchev–Trinajstić information content (AvgIpc) is 3.79. The van der Waals surface area contributed by atoms with E-state index in [0.29, 0.717) is 18.9 Å². The highest BCUT2D eigenvalue weighted by atomic mass is 16.5. The van der Waals surface area contributed by atoms with Gasteiger partial charge in [-0.1, -0.05) is 56.3 Å². The Morgan fingerprint density at radius 2 is 1.88 bits per heavy atom. The highest BCUT2D eigenvalue weighted by Crippen LogP contribution is 2.51. The minimum Gasteiger partial charge on any atom is -0.497 e. The van der Waals surface area contributed by atoms with E-state index in [0.717, 1.165) is 60.5 Å². The maximum atomic E-state index is 14.2. The van der Waals surface area contributed by atoms with E-state index in [4.69, 9.17) is 4.74 Å². The van der Waals surface area contributed by atoms with Gasteiger partial charge in [0.2, 0.25) is 0 Å². The van der Waals surface area contributed by atoms with Crippen molar-refractivity contribution in [2.75, 3.05) is 33.3 Å². The van der Waals surface area contributed by atoms with Crippen molar-refractivity contribution in [2.45, 2.75) is 63.5 Å². The second-order valence-corrected chi connectivity index (χ2v) is 13.0. The van der Waals surface area contributed by atoms with E-state index in [-0.39, 0.29) is 23.3 Å². The minimum absolute atomic E-state index is 0.0335. The number of piperidine rings is 1. The maximum absolute atomic E-state index is 14.2. The summed E-state index contributed by atoms with van der Waals surface area (Å²) in [5.41, 5.74) is 1.77. The Morgan fingerprint density at radius 3 is 2.62 bits per heavy atom. The van der Waals surface area contributed by atoms with E-state index >= 15 is 0 Å². The number of amides is 1. The Balaban J connectivity index is 1.35. The van der Waals surface area contributed by atoms with Crippen molar-refractivity contribution in [3.8, 4) is 5.75 Å². The van der Waals surface area contributed by atoms with E-state index in [1.54, 1.807) is 7.11 Å². The number of ether oxygens (including phenoxy) is 1. The highest BCUT2D eigenvalue weighted by molar-refractivity contribution is 5.98. The minimum atomic E-state index is -0.467. The van der Waals surface area contributed by atoms with Crippen LogP contribution in [0.2, 0.25) is 0 Å². The lowest BCUT2D eigenvalue weighted by Crippen LogP contribution is -2.61. The number of fused-ring (bicyclic) bond motifs is 2. The van der Waals surface area contributed by atoms with Crippen molar-refractivity contribution in [3.05, 3.63) is 77.9 Å². The molecule has 1 N–H and O–H groups in total. The molecule has 0 aromatic heterocycles. The van der Waals surface area contributed by atoms with E-state index in [1.165, 1.54) is 18.4 Å². The van der Waals surface area contributed by atoms with Crippen LogP contribution in [0.15, 0.2) is 66.7 Å². The number of hydrogen-bond donors (Lipinski definition) is 1. The van der Waals surface area contributed by atoms with Crippen LogP contribution in [0, 0.1) is 17.8 Å². The summed E-state index contributed by atoms with van der Waals surface area (Å²) >= 11 is 0. The van der Waals surface area contributed by atoms with E-state index in [2.05, 4.69) is 60.0 Å². The normalized spacial score (nSPS) is 27.0. The Hall–Kier alpha value is -2.89. The largest absolute Gasteiger partial charge is 0.497 e. The number of benzene rings is 3. The molecule has 40 heavy (non-hydrogen) atoms. The van der Waals surface area contributed by atoms with E-state index < -0.39 is 6.10 Å². The zero-order chi connectivity index (χ0) is 27.9. The van der Waals surface area contributed by atoms with Gasteiger partial charge in [-0.25, -0.2) is 0 Å². The molecule has 212 valence electrons. The van der Waals surface area contributed by atoms with Crippen LogP contribution in [0.1, 0.15) is 61.9 Å². The average molecular weight is 541 g/mol. The van der Waals surface area contributed by atoms with Crippen LogP contribution < -0.4 is 4.74 Å². The fourth-order valence-corrected chi connectivity index (χ4v) is 7.53. The smallest absolute Gasteiger partial charge is 0.254 e. The van der Waals surface area contributed by atoms with Gasteiger partial charge < -0.3 is 19.6 Å². The lowest BCUT2D eigenvalue weighted by molar-refractivity contribution is -0.0655. The summed E-state index contributed by atoms with van der Waals surface area (Å²) in [4.78, 5) is 18.9. The number of aliphatic hydroxyl groups is 1. The Bertz CT molecular complexity index is 1350. The van der Waals surface area contributed by atoms with Gasteiger partial charge in [-0.15, -0.1) is 0 Å². The number of methoxy groups -OCH3 is 1. The van der Waals surface area contributed by atoms with Crippen LogP contribution in [0.4, 0.5) is 0 Å². The molecule has 0 radical (unpaired) electrons. The molecule has 5 nitrogen and oxygen atoms in total. The molecule has 1 saturated heterocycles. The summed E-state index contributed by atoms with van der Waals surface area (Å²) in [7, 11) is 1.72. The molecule has 5 heteroatoms. The lowest BCUT2D eigenvalue weighted by Gasteiger charge is -2.56. The number of carbonyl (C=O) groups excluding carboxylic acids is 1. The van der Waals surface area contributed by atoms with Crippen molar-refractivity contribution in [3.63, 3.8) is 0 Å². The molecule has 0 spiro atoms. The van der Waals surface area contributed by atoms with Crippen LogP contribution in [-0.4, -0.2) is 66.2 Å².